The number of rotatable bonds is 8. The molecule has 2 bridgehead atoms. The number of piperidine rings is 1. The Morgan fingerprint density at radius 2 is 1.60 bits per heavy atom. The third-order valence-corrected chi connectivity index (χ3v) is 8.18. The van der Waals surface area contributed by atoms with Crippen molar-refractivity contribution in [2.75, 3.05) is 11.5 Å². The van der Waals surface area contributed by atoms with E-state index in [9.17, 15) is 9.83 Å². The molecular formula is C27H26N3O4P. The summed E-state index contributed by atoms with van der Waals surface area (Å²) in [6, 6.07) is 25.5. The molecule has 2 heterocycles. The van der Waals surface area contributed by atoms with Crippen LogP contribution in [0.5, 0.6) is 5.75 Å². The van der Waals surface area contributed by atoms with Gasteiger partial charge in [-0.15, -0.1) is 0 Å². The van der Waals surface area contributed by atoms with E-state index < -0.39 is 7.82 Å². The van der Waals surface area contributed by atoms with Gasteiger partial charge in [0.05, 0.1) is 36.8 Å². The molecular weight excluding hydrogens is 461 g/mol. The molecule has 0 spiro atoms. The lowest BCUT2D eigenvalue weighted by Gasteiger charge is -2.41. The molecule has 0 radical (unpaired) electrons. The van der Waals surface area contributed by atoms with Crippen LogP contribution in [0.15, 0.2) is 66.7 Å². The Kier molecular flexibility index (Phi) is 6.75. The zero-order chi connectivity index (χ0) is 24.3. The second-order valence-corrected chi connectivity index (χ2v) is 10.4. The Morgan fingerprint density at radius 3 is 2.29 bits per heavy atom. The summed E-state index contributed by atoms with van der Waals surface area (Å²) in [4.78, 5) is 2.45. The van der Waals surface area contributed by atoms with Crippen LogP contribution in [0.1, 0.15) is 37.7 Å². The number of nitrogens with zero attached hydrogens (tertiary/aromatic N) is 3. The van der Waals surface area contributed by atoms with Crippen molar-refractivity contribution >= 4 is 24.3 Å². The number of anilines is 1. The van der Waals surface area contributed by atoms with Gasteiger partial charge in [0.15, 0.2) is 0 Å². The van der Waals surface area contributed by atoms with Crippen molar-refractivity contribution in [1.82, 2.24) is 0 Å². The zero-order valence-electron chi connectivity index (χ0n) is 19.2. The second-order valence-electron chi connectivity index (χ2n) is 8.87. The van der Waals surface area contributed by atoms with Crippen LogP contribution in [-0.2, 0) is 13.6 Å². The van der Waals surface area contributed by atoms with Crippen LogP contribution in [0.3, 0.4) is 0 Å². The summed E-state index contributed by atoms with van der Waals surface area (Å²) in [6.07, 6.45) is 3.21. The van der Waals surface area contributed by atoms with E-state index in [-0.39, 0.29) is 31.2 Å². The largest absolute Gasteiger partial charge is 0.530 e. The van der Waals surface area contributed by atoms with Gasteiger partial charge < -0.3 is 9.42 Å². The predicted octanol–water partition coefficient (Wildman–Crippen LogP) is 6.35. The van der Waals surface area contributed by atoms with Crippen molar-refractivity contribution < 1.29 is 18.1 Å². The third kappa shape index (κ3) is 4.90. The number of nitriles is 2. The first-order valence-electron chi connectivity index (χ1n) is 11.8. The Bertz CT molecular complexity index is 1320. The van der Waals surface area contributed by atoms with E-state index in [4.69, 9.17) is 18.8 Å². The fraction of sp³-hybridized carbons (Fsp3) is 0.333. The van der Waals surface area contributed by atoms with Gasteiger partial charge >= 0.3 is 7.82 Å². The normalized spacial score (nSPS) is 22.8. The van der Waals surface area contributed by atoms with Crippen LogP contribution in [0, 0.1) is 22.7 Å². The van der Waals surface area contributed by atoms with E-state index in [0.29, 0.717) is 24.2 Å². The molecule has 0 saturated carbocycles. The molecule has 0 aromatic heterocycles. The first-order valence-corrected chi connectivity index (χ1v) is 13.3. The van der Waals surface area contributed by atoms with Crippen molar-refractivity contribution in [3.8, 4) is 17.9 Å². The van der Waals surface area contributed by atoms with Gasteiger partial charge in [0.2, 0.25) is 0 Å². The minimum atomic E-state index is -3.91. The fourth-order valence-electron chi connectivity index (χ4n) is 5.29. The van der Waals surface area contributed by atoms with Gasteiger partial charge in [-0.1, -0.05) is 42.5 Å². The maximum absolute atomic E-state index is 13.5. The van der Waals surface area contributed by atoms with E-state index in [1.807, 2.05) is 42.5 Å². The van der Waals surface area contributed by atoms with E-state index in [1.165, 1.54) is 0 Å². The van der Waals surface area contributed by atoms with E-state index in [1.54, 1.807) is 24.3 Å². The summed E-state index contributed by atoms with van der Waals surface area (Å²) >= 11 is 0. The molecule has 3 aromatic rings. The van der Waals surface area contributed by atoms with Gasteiger partial charge in [0.25, 0.3) is 0 Å². The molecule has 0 aliphatic carbocycles. The van der Waals surface area contributed by atoms with Crippen molar-refractivity contribution in [3.63, 3.8) is 0 Å². The molecule has 4 atom stereocenters. The Morgan fingerprint density at radius 1 is 0.914 bits per heavy atom. The highest BCUT2D eigenvalue weighted by atomic mass is 31.2. The minimum absolute atomic E-state index is 0.0243. The molecule has 5 rings (SSSR count). The van der Waals surface area contributed by atoms with Crippen molar-refractivity contribution in [2.45, 2.75) is 50.3 Å². The number of hydrogen-bond acceptors (Lipinski definition) is 7. The summed E-state index contributed by atoms with van der Waals surface area (Å²) < 4.78 is 30.8. The Hall–Kier alpha value is -3.35. The van der Waals surface area contributed by atoms with Crippen molar-refractivity contribution in [2.24, 2.45) is 0 Å². The van der Waals surface area contributed by atoms with Gasteiger partial charge in [0.1, 0.15) is 5.75 Å². The molecule has 2 aliphatic rings. The lowest BCUT2D eigenvalue weighted by atomic mass is 9.96. The van der Waals surface area contributed by atoms with Gasteiger partial charge in [-0.3, -0.25) is 9.05 Å². The fourth-order valence-corrected chi connectivity index (χ4v) is 6.68. The average Bonchev–Trinajstić information content (AvgIpc) is 3.13. The summed E-state index contributed by atoms with van der Waals surface area (Å²) in [6.45, 7) is -0.0243. The quantitative estimate of drug-likeness (QED) is 0.270. The van der Waals surface area contributed by atoms with Gasteiger partial charge in [-0.2, -0.15) is 10.5 Å². The van der Waals surface area contributed by atoms with Gasteiger partial charge in [-0.25, -0.2) is 4.57 Å². The highest BCUT2D eigenvalue weighted by molar-refractivity contribution is 7.49. The Balaban J connectivity index is 1.36. The highest BCUT2D eigenvalue weighted by Crippen LogP contribution is 2.54. The monoisotopic (exact) mass is 487 g/mol. The van der Waals surface area contributed by atoms with Crippen LogP contribution in [0.25, 0.3) is 10.8 Å². The van der Waals surface area contributed by atoms with Crippen LogP contribution >= 0.6 is 7.82 Å². The van der Waals surface area contributed by atoms with E-state index >= 15 is 0 Å². The molecule has 2 saturated heterocycles. The molecule has 0 N–H and O–H groups in total. The van der Waals surface area contributed by atoms with Gasteiger partial charge in [-0.05, 0) is 49.9 Å². The standard InChI is InChI=1S/C27H26N3O4P/c28-15-6-16-32-35(31,33-23-7-2-1-3-8-23)34-24-17-21-12-13-22(18-24)30(21)27-14-11-20(19-29)25-9-4-5-10-26(25)27/h1-5,7-11,14,21-22,24H,6,12-13,16-18H2/t21-,22+,24?,35?. The zero-order valence-corrected chi connectivity index (χ0v) is 20.1. The summed E-state index contributed by atoms with van der Waals surface area (Å²) in [5.74, 6) is 0.400. The minimum Gasteiger partial charge on any atom is -0.404 e. The molecule has 7 nitrogen and oxygen atoms in total. The summed E-state index contributed by atoms with van der Waals surface area (Å²) in [5, 5.41) is 20.4. The molecule has 2 aliphatic heterocycles. The number of phosphoric acid groups is 1. The molecule has 2 fully saturated rings. The van der Waals surface area contributed by atoms with E-state index in [2.05, 4.69) is 17.0 Å². The maximum Gasteiger partial charge on any atom is 0.530 e. The third-order valence-electron chi connectivity index (χ3n) is 6.69. The molecule has 0 amide bonds. The SMILES string of the molecule is N#CCCOP(=O)(Oc1ccccc1)OC1C[C@H]2CC[C@@H](C1)N2c1ccc(C#N)c2ccccc12. The maximum atomic E-state index is 13.5. The molecule has 3 aromatic carbocycles. The van der Waals surface area contributed by atoms with Gasteiger partial charge in [0, 0.05) is 28.5 Å². The predicted molar refractivity (Wildman–Crippen MR) is 133 cm³/mol. The van der Waals surface area contributed by atoms with Crippen LogP contribution in [0.4, 0.5) is 5.69 Å². The molecule has 178 valence electrons. The molecule has 8 heteroatoms. The van der Waals surface area contributed by atoms with Crippen LogP contribution in [-0.4, -0.2) is 24.8 Å². The number of benzene rings is 3. The Labute approximate surface area is 205 Å². The summed E-state index contributed by atoms with van der Waals surface area (Å²) in [5.41, 5.74) is 1.79. The lowest BCUT2D eigenvalue weighted by molar-refractivity contribution is 0.0858. The summed E-state index contributed by atoms with van der Waals surface area (Å²) in [7, 11) is -3.91. The van der Waals surface area contributed by atoms with Crippen molar-refractivity contribution in [3.05, 3.63) is 72.3 Å². The first-order chi connectivity index (χ1) is 17.1. The number of fused-ring (bicyclic) bond motifs is 3. The van der Waals surface area contributed by atoms with E-state index in [0.717, 1.165) is 29.3 Å². The second kappa shape index (κ2) is 10.1. The van der Waals surface area contributed by atoms with Crippen LogP contribution in [0.2, 0.25) is 0 Å². The van der Waals surface area contributed by atoms with Crippen molar-refractivity contribution in [1.29, 1.82) is 10.5 Å². The first kappa shape index (κ1) is 23.4. The smallest absolute Gasteiger partial charge is 0.404 e. The molecule has 2 unspecified atom stereocenters. The number of phosphoric ester groups is 1. The molecule has 35 heavy (non-hydrogen) atoms. The average molecular weight is 487 g/mol. The topological polar surface area (TPSA) is 95.6 Å². The van der Waals surface area contributed by atoms with Crippen LogP contribution < -0.4 is 9.42 Å². The highest BCUT2D eigenvalue weighted by Gasteiger charge is 2.45. The number of hydrogen-bond donors (Lipinski definition) is 0. The lowest BCUT2D eigenvalue weighted by Crippen LogP contribution is -2.45. The number of para-hydroxylation sites is 1.